The van der Waals surface area contributed by atoms with Crippen LogP contribution in [-0.2, 0) is 0 Å². The van der Waals surface area contributed by atoms with Crippen LogP contribution >= 0.6 is 0 Å². The number of pyridine rings is 1. The minimum Gasteiger partial charge on any atom is -0.497 e. The molecule has 3 rings (SSSR count). The molecule has 0 unspecified atom stereocenters. The van der Waals surface area contributed by atoms with Crippen molar-refractivity contribution in [1.29, 1.82) is 0 Å². The lowest BCUT2D eigenvalue weighted by molar-refractivity contribution is 0.415. The number of H-pyrrole nitrogens is 1. The van der Waals surface area contributed by atoms with Gasteiger partial charge in [-0.1, -0.05) is 6.07 Å². The van der Waals surface area contributed by atoms with Crippen molar-refractivity contribution in [2.45, 2.75) is 0 Å². The van der Waals surface area contributed by atoms with Gasteiger partial charge < -0.3 is 9.72 Å². The molecule has 2 aromatic carbocycles. The molecule has 1 heterocycles. The fourth-order valence-electron chi connectivity index (χ4n) is 2.27. The highest BCUT2D eigenvalue weighted by Gasteiger charge is 2.10. The Morgan fingerprint density at radius 1 is 1.00 bits per heavy atom. The lowest BCUT2D eigenvalue weighted by Crippen LogP contribution is -2.06. The molecular weight excluding hydrogens is 276 g/mol. The van der Waals surface area contributed by atoms with Crippen molar-refractivity contribution in [2.75, 3.05) is 7.11 Å². The Bertz CT molecular complexity index is 887. The highest BCUT2D eigenvalue weighted by molar-refractivity contribution is 5.96. The van der Waals surface area contributed by atoms with Gasteiger partial charge in [0.1, 0.15) is 5.75 Å². The number of hydrogen-bond donors (Lipinski definition) is 1. The summed E-state index contributed by atoms with van der Waals surface area (Å²) in [7, 11) is 1.52. The standard InChI is InChI=1S/C16H11F2NO2/c1-21-10-3-4-11-12(7-10)13(8-19-16(11)20)9-2-5-14(17)15(18)6-9/h2-8H,1H3,(H,19,20). The Labute approximate surface area is 118 Å². The van der Waals surface area contributed by atoms with Gasteiger partial charge >= 0.3 is 0 Å². The molecule has 0 bridgehead atoms. The van der Waals surface area contributed by atoms with Gasteiger partial charge in [-0.25, -0.2) is 8.78 Å². The Hall–Kier alpha value is -2.69. The normalized spacial score (nSPS) is 10.8. The summed E-state index contributed by atoms with van der Waals surface area (Å²) in [5.41, 5.74) is 0.824. The third kappa shape index (κ3) is 2.27. The van der Waals surface area contributed by atoms with Gasteiger partial charge in [-0.15, -0.1) is 0 Å². The van der Waals surface area contributed by atoms with Crippen LogP contribution in [0.1, 0.15) is 0 Å². The van der Waals surface area contributed by atoms with Crippen LogP contribution in [0.4, 0.5) is 8.78 Å². The Balaban J connectivity index is 2.33. The zero-order chi connectivity index (χ0) is 15.0. The van der Waals surface area contributed by atoms with E-state index < -0.39 is 11.6 Å². The van der Waals surface area contributed by atoms with Crippen LogP contribution in [0.5, 0.6) is 5.75 Å². The minimum atomic E-state index is -0.935. The molecule has 3 aromatic rings. The van der Waals surface area contributed by atoms with Gasteiger partial charge in [0.25, 0.3) is 5.56 Å². The summed E-state index contributed by atoms with van der Waals surface area (Å²) in [6.45, 7) is 0. The van der Waals surface area contributed by atoms with Crippen molar-refractivity contribution in [1.82, 2.24) is 4.98 Å². The molecule has 5 heteroatoms. The Morgan fingerprint density at radius 3 is 2.52 bits per heavy atom. The van der Waals surface area contributed by atoms with Crippen LogP contribution in [-0.4, -0.2) is 12.1 Å². The van der Waals surface area contributed by atoms with Crippen molar-refractivity contribution in [3.63, 3.8) is 0 Å². The van der Waals surface area contributed by atoms with Gasteiger partial charge in [-0.3, -0.25) is 4.79 Å². The van der Waals surface area contributed by atoms with Gasteiger partial charge in [0, 0.05) is 22.5 Å². The summed E-state index contributed by atoms with van der Waals surface area (Å²) >= 11 is 0. The average Bonchev–Trinajstić information content (AvgIpc) is 2.50. The van der Waals surface area contributed by atoms with Crippen molar-refractivity contribution < 1.29 is 13.5 Å². The molecule has 0 atom stereocenters. The number of hydrogen-bond acceptors (Lipinski definition) is 2. The molecule has 106 valence electrons. The number of halogens is 2. The maximum atomic E-state index is 13.4. The zero-order valence-corrected chi connectivity index (χ0v) is 11.1. The van der Waals surface area contributed by atoms with E-state index in [1.54, 1.807) is 18.2 Å². The number of nitrogens with one attached hydrogen (secondary N) is 1. The Kier molecular flexibility index (Phi) is 3.17. The quantitative estimate of drug-likeness (QED) is 0.784. The molecule has 0 saturated heterocycles. The number of fused-ring (bicyclic) bond motifs is 1. The van der Waals surface area contributed by atoms with E-state index in [4.69, 9.17) is 4.74 Å². The predicted molar refractivity (Wildman–Crippen MR) is 76.5 cm³/mol. The van der Waals surface area contributed by atoms with Crippen molar-refractivity contribution in [3.8, 4) is 16.9 Å². The first-order valence-corrected chi connectivity index (χ1v) is 6.25. The number of ether oxygens (including phenoxy) is 1. The molecule has 1 aromatic heterocycles. The van der Waals surface area contributed by atoms with E-state index in [-0.39, 0.29) is 5.56 Å². The predicted octanol–water partition coefficient (Wildman–Crippen LogP) is 3.48. The first-order chi connectivity index (χ1) is 10.1. The molecule has 0 radical (unpaired) electrons. The number of rotatable bonds is 2. The number of aromatic nitrogens is 1. The van der Waals surface area contributed by atoms with Gasteiger partial charge in [0.2, 0.25) is 0 Å². The van der Waals surface area contributed by atoms with Crippen LogP contribution < -0.4 is 10.3 Å². The summed E-state index contributed by atoms with van der Waals surface area (Å²) in [5.74, 6) is -1.27. The van der Waals surface area contributed by atoms with Crippen molar-refractivity contribution >= 4 is 10.8 Å². The second-order valence-corrected chi connectivity index (χ2v) is 4.57. The first kappa shape index (κ1) is 13.3. The number of aromatic amines is 1. The summed E-state index contributed by atoms with van der Waals surface area (Å²) in [4.78, 5) is 14.5. The lowest BCUT2D eigenvalue weighted by atomic mass is 10.0. The van der Waals surface area contributed by atoms with E-state index in [0.717, 1.165) is 12.1 Å². The number of benzene rings is 2. The Morgan fingerprint density at radius 2 is 1.81 bits per heavy atom. The highest BCUT2D eigenvalue weighted by atomic mass is 19.2. The van der Waals surface area contributed by atoms with Gasteiger partial charge in [-0.2, -0.15) is 0 Å². The van der Waals surface area contributed by atoms with E-state index in [1.807, 2.05) is 0 Å². The second kappa shape index (κ2) is 5.01. The summed E-state index contributed by atoms with van der Waals surface area (Å²) < 4.78 is 31.6. The maximum Gasteiger partial charge on any atom is 0.255 e. The fraction of sp³-hybridized carbons (Fsp3) is 0.0625. The van der Waals surface area contributed by atoms with E-state index >= 15 is 0 Å². The first-order valence-electron chi connectivity index (χ1n) is 6.25. The van der Waals surface area contributed by atoms with Crippen LogP contribution in [0.15, 0.2) is 47.4 Å². The van der Waals surface area contributed by atoms with Crippen LogP contribution in [0.2, 0.25) is 0 Å². The van der Waals surface area contributed by atoms with E-state index in [9.17, 15) is 13.6 Å². The molecule has 0 amide bonds. The third-order valence-corrected chi connectivity index (χ3v) is 3.34. The third-order valence-electron chi connectivity index (χ3n) is 3.34. The summed E-state index contributed by atoms with van der Waals surface area (Å²) in [5, 5.41) is 1.07. The molecule has 0 spiro atoms. The summed E-state index contributed by atoms with van der Waals surface area (Å²) in [6, 6.07) is 8.62. The smallest absolute Gasteiger partial charge is 0.255 e. The van der Waals surface area contributed by atoms with Crippen molar-refractivity contribution in [2.24, 2.45) is 0 Å². The maximum absolute atomic E-state index is 13.4. The van der Waals surface area contributed by atoms with E-state index in [2.05, 4.69) is 4.98 Å². The van der Waals surface area contributed by atoms with Gasteiger partial charge in [0.05, 0.1) is 7.11 Å². The van der Waals surface area contributed by atoms with Crippen molar-refractivity contribution in [3.05, 3.63) is 64.6 Å². The van der Waals surface area contributed by atoms with Gasteiger partial charge in [-0.05, 0) is 35.9 Å². The number of methoxy groups -OCH3 is 1. The monoisotopic (exact) mass is 287 g/mol. The molecule has 1 N–H and O–H groups in total. The second-order valence-electron chi connectivity index (χ2n) is 4.57. The highest BCUT2D eigenvalue weighted by Crippen LogP contribution is 2.29. The zero-order valence-electron chi connectivity index (χ0n) is 11.1. The largest absolute Gasteiger partial charge is 0.497 e. The molecule has 0 saturated carbocycles. The van der Waals surface area contributed by atoms with Crippen LogP contribution in [0, 0.1) is 11.6 Å². The fourth-order valence-corrected chi connectivity index (χ4v) is 2.27. The van der Waals surface area contributed by atoms with E-state index in [0.29, 0.717) is 27.6 Å². The molecular formula is C16H11F2NO2. The molecule has 0 fully saturated rings. The summed E-state index contributed by atoms with van der Waals surface area (Å²) in [6.07, 6.45) is 1.48. The molecule has 21 heavy (non-hydrogen) atoms. The van der Waals surface area contributed by atoms with Gasteiger partial charge in [0.15, 0.2) is 11.6 Å². The molecule has 0 aliphatic rings. The minimum absolute atomic E-state index is 0.251. The van der Waals surface area contributed by atoms with Crippen LogP contribution in [0.3, 0.4) is 0 Å². The lowest BCUT2D eigenvalue weighted by Gasteiger charge is -2.08. The molecule has 3 nitrogen and oxygen atoms in total. The topological polar surface area (TPSA) is 42.1 Å². The molecule has 0 aliphatic heterocycles. The van der Waals surface area contributed by atoms with E-state index in [1.165, 1.54) is 19.4 Å². The average molecular weight is 287 g/mol. The molecule has 0 aliphatic carbocycles. The SMILES string of the molecule is COc1ccc2c(=O)[nH]cc(-c3ccc(F)c(F)c3)c2c1. The van der Waals surface area contributed by atoms with Crippen LogP contribution in [0.25, 0.3) is 21.9 Å².